The lowest BCUT2D eigenvalue weighted by atomic mass is 9.91. The van der Waals surface area contributed by atoms with E-state index in [0.29, 0.717) is 24.5 Å². The molecule has 3 rings (SSSR count). The molecule has 0 radical (unpaired) electrons. The van der Waals surface area contributed by atoms with Crippen LogP contribution in [0.3, 0.4) is 0 Å². The summed E-state index contributed by atoms with van der Waals surface area (Å²) in [5.41, 5.74) is 0.642. The SMILES string of the molecule is COc1ccc(C(=O)N2CCCC(C(O)c3nccn3C)C2)cc1. The summed E-state index contributed by atoms with van der Waals surface area (Å²) in [7, 11) is 3.47. The molecule has 128 valence electrons. The Hall–Kier alpha value is -2.34. The number of nitrogens with zero attached hydrogens (tertiary/aromatic N) is 3. The van der Waals surface area contributed by atoms with E-state index >= 15 is 0 Å². The van der Waals surface area contributed by atoms with Crippen molar-refractivity contribution in [3.8, 4) is 5.75 Å². The molecule has 1 saturated heterocycles. The largest absolute Gasteiger partial charge is 0.497 e. The number of benzene rings is 1. The van der Waals surface area contributed by atoms with Crippen LogP contribution in [0.2, 0.25) is 0 Å². The number of piperidine rings is 1. The van der Waals surface area contributed by atoms with Crippen molar-refractivity contribution in [3.05, 3.63) is 48.0 Å². The lowest BCUT2D eigenvalue weighted by molar-refractivity contribution is 0.0358. The van der Waals surface area contributed by atoms with Gasteiger partial charge in [-0.15, -0.1) is 0 Å². The van der Waals surface area contributed by atoms with Crippen molar-refractivity contribution in [2.75, 3.05) is 20.2 Å². The number of carbonyl (C=O) groups is 1. The average Bonchev–Trinajstić information content (AvgIpc) is 3.06. The van der Waals surface area contributed by atoms with E-state index in [4.69, 9.17) is 4.74 Å². The highest BCUT2D eigenvalue weighted by Crippen LogP contribution is 2.29. The van der Waals surface area contributed by atoms with Gasteiger partial charge in [-0.3, -0.25) is 4.79 Å². The molecule has 1 aromatic carbocycles. The Morgan fingerprint density at radius 2 is 2.12 bits per heavy atom. The summed E-state index contributed by atoms with van der Waals surface area (Å²) >= 11 is 0. The molecule has 2 atom stereocenters. The first kappa shape index (κ1) is 16.5. The Kier molecular flexibility index (Phi) is 4.85. The van der Waals surface area contributed by atoms with Crippen molar-refractivity contribution in [1.82, 2.24) is 14.5 Å². The maximum absolute atomic E-state index is 12.7. The van der Waals surface area contributed by atoms with Gasteiger partial charge in [0.15, 0.2) is 0 Å². The van der Waals surface area contributed by atoms with Gasteiger partial charge in [0.1, 0.15) is 17.7 Å². The van der Waals surface area contributed by atoms with Gasteiger partial charge in [-0.2, -0.15) is 0 Å². The first-order chi connectivity index (χ1) is 11.6. The lowest BCUT2D eigenvalue weighted by Gasteiger charge is -2.35. The number of rotatable bonds is 4. The van der Waals surface area contributed by atoms with Crippen LogP contribution >= 0.6 is 0 Å². The van der Waals surface area contributed by atoms with Gasteiger partial charge in [-0.1, -0.05) is 0 Å². The molecule has 24 heavy (non-hydrogen) atoms. The number of ether oxygens (including phenoxy) is 1. The van der Waals surface area contributed by atoms with Gasteiger partial charge < -0.3 is 19.3 Å². The van der Waals surface area contributed by atoms with Gasteiger partial charge in [0, 0.05) is 44.0 Å². The zero-order valence-electron chi connectivity index (χ0n) is 14.1. The van der Waals surface area contributed by atoms with Crippen LogP contribution in [-0.2, 0) is 7.05 Å². The molecule has 2 aromatic rings. The standard InChI is InChI=1S/C18H23N3O3/c1-20-11-9-19-17(20)16(22)14-4-3-10-21(12-14)18(23)13-5-7-15(24-2)8-6-13/h5-9,11,14,16,22H,3-4,10,12H2,1-2H3. The number of hydrogen-bond donors (Lipinski definition) is 1. The zero-order chi connectivity index (χ0) is 17.1. The number of aromatic nitrogens is 2. The second-order valence-electron chi connectivity index (χ2n) is 6.22. The van der Waals surface area contributed by atoms with E-state index < -0.39 is 6.10 Å². The minimum Gasteiger partial charge on any atom is -0.497 e. The number of carbonyl (C=O) groups excluding carboxylic acids is 1. The van der Waals surface area contributed by atoms with Gasteiger partial charge in [0.05, 0.1) is 7.11 Å². The normalized spacial score (nSPS) is 19.1. The minimum atomic E-state index is -0.656. The van der Waals surface area contributed by atoms with Crippen LogP contribution in [0.4, 0.5) is 0 Å². The fraction of sp³-hybridized carbons (Fsp3) is 0.444. The Labute approximate surface area is 141 Å². The molecule has 1 N–H and O–H groups in total. The molecule has 1 aliphatic rings. The maximum atomic E-state index is 12.7. The lowest BCUT2D eigenvalue weighted by Crippen LogP contribution is -2.42. The van der Waals surface area contributed by atoms with Crippen LogP contribution in [0.25, 0.3) is 0 Å². The number of likely N-dealkylation sites (tertiary alicyclic amines) is 1. The number of methoxy groups -OCH3 is 1. The molecule has 2 heterocycles. The van der Waals surface area contributed by atoms with E-state index in [0.717, 1.165) is 18.6 Å². The van der Waals surface area contributed by atoms with Crippen molar-refractivity contribution in [2.45, 2.75) is 18.9 Å². The topological polar surface area (TPSA) is 67.6 Å². The summed E-state index contributed by atoms with van der Waals surface area (Å²) in [5, 5.41) is 10.6. The third-order valence-electron chi connectivity index (χ3n) is 4.65. The summed E-state index contributed by atoms with van der Waals surface area (Å²) in [6.45, 7) is 1.26. The highest BCUT2D eigenvalue weighted by atomic mass is 16.5. The molecule has 1 aliphatic heterocycles. The molecule has 0 bridgehead atoms. The summed E-state index contributed by atoms with van der Waals surface area (Å²) in [6, 6.07) is 7.13. The van der Waals surface area contributed by atoms with E-state index in [9.17, 15) is 9.90 Å². The molecule has 6 heteroatoms. The Morgan fingerprint density at radius 3 is 2.75 bits per heavy atom. The number of amides is 1. The van der Waals surface area contributed by atoms with Crippen LogP contribution in [0.15, 0.2) is 36.7 Å². The van der Waals surface area contributed by atoms with Crippen molar-refractivity contribution >= 4 is 5.91 Å². The predicted molar refractivity (Wildman–Crippen MR) is 89.8 cm³/mol. The summed E-state index contributed by atoms with van der Waals surface area (Å²) in [4.78, 5) is 18.8. The van der Waals surface area contributed by atoms with Gasteiger partial charge >= 0.3 is 0 Å². The second kappa shape index (κ2) is 7.05. The Morgan fingerprint density at radius 1 is 1.38 bits per heavy atom. The highest BCUT2D eigenvalue weighted by Gasteiger charge is 2.31. The molecule has 0 spiro atoms. The van der Waals surface area contributed by atoms with Gasteiger partial charge in [0.2, 0.25) is 0 Å². The number of imidazole rings is 1. The molecule has 1 aromatic heterocycles. The molecular formula is C18H23N3O3. The van der Waals surface area contributed by atoms with Crippen LogP contribution in [0.1, 0.15) is 35.1 Å². The second-order valence-corrected chi connectivity index (χ2v) is 6.22. The highest BCUT2D eigenvalue weighted by molar-refractivity contribution is 5.94. The first-order valence-electron chi connectivity index (χ1n) is 8.18. The van der Waals surface area contributed by atoms with Gasteiger partial charge in [-0.25, -0.2) is 4.98 Å². The van der Waals surface area contributed by atoms with E-state index in [1.807, 2.05) is 22.7 Å². The molecule has 1 amide bonds. The van der Waals surface area contributed by atoms with E-state index in [1.165, 1.54) is 0 Å². The molecule has 6 nitrogen and oxygen atoms in total. The average molecular weight is 329 g/mol. The summed E-state index contributed by atoms with van der Waals surface area (Å²) in [6.07, 6.45) is 4.62. The van der Waals surface area contributed by atoms with Gasteiger partial charge in [0.25, 0.3) is 5.91 Å². The number of aryl methyl sites for hydroxylation is 1. The monoisotopic (exact) mass is 329 g/mol. The minimum absolute atomic E-state index is 0.00190. The maximum Gasteiger partial charge on any atom is 0.253 e. The summed E-state index contributed by atoms with van der Waals surface area (Å²) < 4.78 is 6.96. The third kappa shape index (κ3) is 3.28. The first-order valence-corrected chi connectivity index (χ1v) is 8.18. The van der Waals surface area contributed by atoms with Crippen molar-refractivity contribution < 1.29 is 14.6 Å². The van der Waals surface area contributed by atoms with E-state index in [1.54, 1.807) is 37.6 Å². The van der Waals surface area contributed by atoms with Crippen LogP contribution in [0, 0.1) is 5.92 Å². The van der Waals surface area contributed by atoms with Crippen LogP contribution < -0.4 is 4.74 Å². The van der Waals surface area contributed by atoms with E-state index in [2.05, 4.69) is 4.98 Å². The third-order valence-corrected chi connectivity index (χ3v) is 4.65. The number of hydrogen-bond acceptors (Lipinski definition) is 4. The quantitative estimate of drug-likeness (QED) is 0.932. The van der Waals surface area contributed by atoms with Crippen molar-refractivity contribution in [3.63, 3.8) is 0 Å². The molecular weight excluding hydrogens is 306 g/mol. The van der Waals surface area contributed by atoms with Crippen LogP contribution in [0.5, 0.6) is 5.75 Å². The zero-order valence-corrected chi connectivity index (χ0v) is 14.1. The number of aliphatic hydroxyl groups excluding tert-OH is 1. The molecule has 1 fully saturated rings. The smallest absolute Gasteiger partial charge is 0.253 e. The van der Waals surface area contributed by atoms with Crippen molar-refractivity contribution in [1.29, 1.82) is 0 Å². The van der Waals surface area contributed by atoms with E-state index in [-0.39, 0.29) is 11.8 Å². The Bertz CT molecular complexity index is 696. The molecule has 2 unspecified atom stereocenters. The fourth-order valence-electron chi connectivity index (χ4n) is 3.24. The van der Waals surface area contributed by atoms with Crippen LogP contribution in [-0.4, -0.2) is 45.7 Å². The molecule has 0 aliphatic carbocycles. The fourth-order valence-corrected chi connectivity index (χ4v) is 3.24. The molecule has 0 saturated carbocycles. The Balaban J connectivity index is 1.70. The number of aliphatic hydroxyl groups is 1. The predicted octanol–water partition coefficient (Wildman–Crippen LogP) is 2.01. The van der Waals surface area contributed by atoms with Crippen molar-refractivity contribution in [2.24, 2.45) is 13.0 Å². The van der Waals surface area contributed by atoms with Gasteiger partial charge in [-0.05, 0) is 37.1 Å². The summed E-state index contributed by atoms with van der Waals surface area (Å²) in [5.74, 6) is 1.38.